The van der Waals surface area contributed by atoms with Crippen molar-refractivity contribution in [3.8, 4) is 5.75 Å². The van der Waals surface area contributed by atoms with Gasteiger partial charge < -0.3 is 15.2 Å². The van der Waals surface area contributed by atoms with Crippen LogP contribution in [0.1, 0.15) is 31.2 Å². The molecule has 0 bridgehead atoms. The lowest BCUT2D eigenvalue weighted by Crippen LogP contribution is -2.36. The fraction of sp³-hybridized carbons (Fsp3) is 0.467. The molecule has 108 valence electrons. The standard InChI is InChI=1S/C15H19NO4/c1-19-12-6-4-11(5-7-12)15(8-2-3-9-15)14(18)20-10-13(16)17/h4-7H,2-3,8-10H2,1H3,(H2,16,17). The van der Waals surface area contributed by atoms with Crippen LogP contribution in [0.4, 0.5) is 0 Å². The Kier molecular flexibility index (Phi) is 4.27. The van der Waals surface area contributed by atoms with Crippen LogP contribution in [-0.2, 0) is 19.7 Å². The highest BCUT2D eigenvalue weighted by atomic mass is 16.5. The summed E-state index contributed by atoms with van der Waals surface area (Å²) in [6.45, 7) is -0.364. The molecular formula is C15H19NO4. The molecule has 2 rings (SSSR count). The van der Waals surface area contributed by atoms with Crippen LogP contribution in [0.3, 0.4) is 0 Å². The summed E-state index contributed by atoms with van der Waals surface area (Å²) in [5.41, 5.74) is 5.28. The minimum atomic E-state index is -0.651. The molecule has 0 aliphatic heterocycles. The van der Waals surface area contributed by atoms with Crippen molar-refractivity contribution in [1.29, 1.82) is 0 Å². The summed E-state index contributed by atoms with van der Waals surface area (Å²) in [5, 5.41) is 0. The van der Waals surface area contributed by atoms with Crippen molar-refractivity contribution in [2.24, 2.45) is 5.73 Å². The molecule has 5 nitrogen and oxygen atoms in total. The first kappa shape index (κ1) is 14.4. The van der Waals surface area contributed by atoms with Crippen LogP contribution < -0.4 is 10.5 Å². The predicted octanol–water partition coefficient (Wildman–Crippen LogP) is 1.54. The Bertz CT molecular complexity index is 489. The van der Waals surface area contributed by atoms with Crippen LogP contribution in [0.2, 0.25) is 0 Å². The minimum Gasteiger partial charge on any atom is -0.497 e. The third-order valence-corrected chi connectivity index (χ3v) is 3.84. The number of hydrogen-bond donors (Lipinski definition) is 1. The molecule has 1 saturated carbocycles. The van der Waals surface area contributed by atoms with Gasteiger partial charge in [0.25, 0.3) is 5.91 Å². The lowest BCUT2D eigenvalue weighted by atomic mass is 9.79. The highest BCUT2D eigenvalue weighted by Gasteiger charge is 2.44. The smallest absolute Gasteiger partial charge is 0.317 e. The van der Waals surface area contributed by atoms with Gasteiger partial charge in [-0.05, 0) is 30.5 Å². The van der Waals surface area contributed by atoms with Crippen molar-refractivity contribution in [2.75, 3.05) is 13.7 Å². The molecule has 0 aromatic heterocycles. The highest BCUT2D eigenvalue weighted by Crippen LogP contribution is 2.42. The Hall–Kier alpha value is -2.04. The van der Waals surface area contributed by atoms with Gasteiger partial charge in [0, 0.05) is 0 Å². The number of hydrogen-bond acceptors (Lipinski definition) is 4. The molecule has 1 aliphatic rings. The van der Waals surface area contributed by atoms with Gasteiger partial charge in [0.15, 0.2) is 6.61 Å². The van der Waals surface area contributed by atoms with E-state index in [9.17, 15) is 9.59 Å². The largest absolute Gasteiger partial charge is 0.497 e. The zero-order valence-corrected chi connectivity index (χ0v) is 11.6. The van der Waals surface area contributed by atoms with Crippen LogP contribution in [0.5, 0.6) is 5.75 Å². The molecule has 1 fully saturated rings. The summed E-state index contributed by atoms with van der Waals surface area (Å²) in [7, 11) is 1.60. The topological polar surface area (TPSA) is 78.6 Å². The molecular weight excluding hydrogens is 258 g/mol. The van der Waals surface area contributed by atoms with Crippen molar-refractivity contribution in [3.63, 3.8) is 0 Å². The quantitative estimate of drug-likeness (QED) is 0.828. The molecule has 20 heavy (non-hydrogen) atoms. The van der Waals surface area contributed by atoms with E-state index in [0.29, 0.717) is 0 Å². The lowest BCUT2D eigenvalue weighted by molar-refractivity contribution is -0.153. The number of ether oxygens (including phenoxy) is 2. The van der Waals surface area contributed by atoms with E-state index in [1.807, 2.05) is 24.3 Å². The molecule has 0 radical (unpaired) electrons. The fourth-order valence-corrected chi connectivity index (χ4v) is 2.77. The third-order valence-electron chi connectivity index (χ3n) is 3.84. The minimum absolute atomic E-state index is 0.362. The summed E-state index contributed by atoms with van der Waals surface area (Å²) in [6, 6.07) is 7.43. The Morgan fingerprint density at radius 2 is 1.80 bits per heavy atom. The highest BCUT2D eigenvalue weighted by molar-refractivity contribution is 5.86. The molecule has 1 aromatic rings. The average Bonchev–Trinajstić information content (AvgIpc) is 2.95. The van der Waals surface area contributed by atoms with Crippen molar-refractivity contribution >= 4 is 11.9 Å². The molecule has 1 aromatic carbocycles. The number of rotatable bonds is 5. The third kappa shape index (κ3) is 2.76. The maximum absolute atomic E-state index is 12.4. The van der Waals surface area contributed by atoms with Gasteiger partial charge in [-0.1, -0.05) is 25.0 Å². The molecule has 5 heteroatoms. The molecule has 0 atom stereocenters. The number of carbonyl (C=O) groups excluding carboxylic acids is 2. The van der Waals surface area contributed by atoms with Gasteiger partial charge in [0.2, 0.25) is 0 Å². The van der Waals surface area contributed by atoms with Crippen LogP contribution in [0, 0.1) is 0 Å². The maximum Gasteiger partial charge on any atom is 0.317 e. The lowest BCUT2D eigenvalue weighted by Gasteiger charge is -2.27. The first-order valence-electron chi connectivity index (χ1n) is 6.68. The van der Waals surface area contributed by atoms with Crippen LogP contribution in [0.15, 0.2) is 24.3 Å². The van der Waals surface area contributed by atoms with E-state index in [2.05, 4.69) is 0 Å². The van der Waals surface area contributed by atoms with E-state index in [4.69, 9.17) is 15.2 Å². The maximum atomic E-state index is 12.4. The molecule has 1 aliphatic carbocycles. The monoisotopic (exact) mass is 277 g/mol. The summed E-state index contributed by atoms with van der Waals surface area (Å²) in [6.07, 6.45) is 3.41. The first-order chi connectivity index (χ1) is 9.58. The molecule has 2 N–H and O–H groups in total. The Morgan fingerprint density at radius 1 is 1.20 bits per heavy atom. The molecule has 1 amide bonds. The number of carbonyl (C=O) groups is 2. The van der Waals surface area contributed by atoms with Crippen LogP contribution in [-0.4, -0.2) is 25.6 Å². The average molecular weight is 277 g/mol. The van der Waals surface area contributed by atoms with Crippen molar-refractivity contribution in [3.05, 3.63) is 29.8 Å². The number of benzene rings is 1. The Labute approximate surface area is 118 Å². The normalized spacial score (nSPS) is 16.6. The van der Waals surface area contributed by atoms with Gasteiger partial charge in [-0.2, -0.15) is 0 Å². The van der Waals surface area contributed by atoms with E-state index in [1.54, 1.807) is 7.11 Å². The van der Waals surface area contributed by atoms with Crippen molar-refractivity contribution < 1.29 is 19.1 Å². The van der Waals surface area contributed by atoms with Crippen molar-refractivity contribution in [2.45, 2.75) is 31.1 Å². The SMILES string of the molecule is COc1ccc(C2(C(=O)OCC(N)=O)CCCC2)cc1. The fourth-order valence-electron chi connectivity index (χ4n) is 2.77. The second-order valence-corrected chi connectivity index (χ2v) is 5.06. The predicted molar refractivity (Wildman–Crippen MR) is 73.3 cm³/mol. The van der Waals surface area contributed by atoms with Gasteiger partial charge in [0.05, 0.1) is 12.5 Å². The van der Waals surface area contributed by atoms with Gasteiger partial charge in [-0.3, -0.25) is 9.59 Å². The number of methoxy groups -OCH3 is 1. The zero-order chi connectivity index (χ0) is 14.6. The second kappa shape index (κ2) is 5.94. The summed E-state index contributed by atoms with van der Waals surface area (Å²) >= 11 is 0. The van der Waals surface area contributed by atoms with Crippen LogP contribution >= 0.6 is 0 Å². The Balaban J connectivity index is 2.24. The van der Waals surface area contributed by atoms with E-state index >= 15 is 0 Å². The Morgan fingerprint density at radius 3 is 2.30 bits per heavy atom. The zero-order valence-electron chi connectivity index (χ0n) is 11.6. The molecule has 0 spiro atoms. The van der Waals surface area contributed by atoms with E-state index in [0.717, 1.165) is 37.0 Å². The van der Waals surface area contributed by atoms with E-state index in [-0.39, 0.29) is 12.6 Å². The summed E-state index contributed by atoms with van der Waals surface area (Å²) < 4.78 is 10.2. The molecule has 0 unspecified atom stereocenters. The first-order valence-corrected chi connectivity index (χ1v) is 6.68. The number of amides is 1. The summed E-state index contributed by atoms with van der Waals surface area (Å²) in [4.78, 5) is 23.1. The van der Waals surface area contributed by atoms with Gasteiger partial charge in [-0.15, -0.1) is 0 Å². The van der Waals surface area contributed by atoms with E-state index < -0.39 is 11.3 Å². The van der Waals surface area contributed by atoms with Gasteiger partial charge >= 0.3 is 5.97 Å². The number of esters is 1. The van der Waals surface area contributed by atoms with Crippen LogP contribution in [0.25, 0.3) is 0 Å². The second-order valence-electron chi connectivity index (χ2n) is 5.06. The van der Waals surface area contributed by atoms with E-state index in [1.165, 1.54) is 0 Å². The molecule has 0 heterocycles. The summed E-state index contributed by atoms with van der Waals surface area (Å²) in [5.74, 6) is -0.257. The van der Waals surface area contributed by atoms with Crippen molar-refractivity contribution in [1.82, 2.24) is 0 Å². The number of primary amides is 1. The molecule has 0 saturated heterocycles. The van der Waals surface area contributed by atoms with Gasteiger partial charge in [0.1, 0.15) is 5.75 Å². The number of nitrogens with two attached hydrogens (primary N) is 1. The van der Waals surface area contributed by atoms with Gasteiger partial charge in [-0.25, -0.2) is 0 Å².